The fraction of sp³-hybridized carbons (Fsp3) is 0.333. The Morgan fingerprint density at radius 3 is 2.89 bits per heavy atom. The monoisotopic (exact) mass is 244 g/mol. The number of pyridine rings is 1. The van der Waals surface area contributed by atoms with Crippen LogP contribution in [0.15, 0.2) is 42.1 Å². The van der Waals surface area contributed by atoms with E-state index in [1.165, 1.54) is 5.57 Å². The van der Waals surface area contributed by atoms with Gasteiger partial charge in [0.25, 0.3) is 5.91 Å². The third-order valence-electron chi connectivity index (χ3n) is 2.74. The summed E-state index contributed by atoms with van der Waals surface area (Å²) in [4.78, 5) is 15.9. The van der Waals surface area contributed by atoms with Crippen molar-refractivity contribution in [1.29, 1.82) is 0 Å². The molecule has 0 aliphatic heterocycles. The summed E-state index contributed by atoms with van der Waals surface area (Å²) in [6.45, 7) is 6.49. The van der Waals surface area contributed by atoms with Crippen molar-refractivity contribution in [1.82, 2.24) is 10.3 Å². The summed E-state index contributed by atoms with van der Waals surface area (Å²) in [5.74, 6) is -0.0798. The zero-order valence-corrected chi connectivity index (χ0v) is 11.2. The highest BCUT2D eigenvalue weighted by atomic mass is 16.1. The summed E-state index contributed by atoms with van der Waals surface area (Å²) >= 11 is 0. The number of carbonyl (C=O) groups is 1. The van der Waals surface area contributed by atoms with Gasteiger partial charge in [-0.05, 0) is 32.4 Å². The van der Waals surface area contributed by atoms with Gasteiger partial charge in [0.2, 0.25) is 0 Å². The third-order valence-corrected chi connectivity index (χ3v) is 2.74. The molecule has 0 saturated carbocycles. The number of nitrogens with zero attached hydrogens (tertiary/aromatic N) is 1. The van der Waals surface area contributed by atoms with Gasteiger partial charge in [0.05, 0.1) is 5.56 Å². The molecule has 0 radical (unpaired) electrons. The van der Waals surface area contributed by atoms with Gasteiger partial charge in [0.15, 0.2) is 0 Å². The SMILES string of the molecule is C/C=C(/C=C\CNC(=O)c1cccnc1C)CC. The summed E-state index contributed by atoms with van der Waals surface area (Å²) in [6.07, 6.45) is 8.76. The van der Waals surface area contributed by atoms with Crippen LogP contribution in [0.2, 0.25) is 0 Å². The molecule has 1 aromatic heterocycles. The fourth-order valence-corrected chi connectivity index (χ4v) is 1.60. The van der Waals surface area contributed by atoms with E-state index in [2.05, 4.69) is 23.3 Å². The maximum Gasteiger partial charge on any atom is 0.253 e. The second-order valence-corrected chi connectivity index (χ2v) is 3.97. The van der Waals surface area contributed by atoms with Crippen LogP contribution in [0.25, 0.3) is 0 Å². The first-order valence-corrected chi connectivity index (χ1v) is 6.20. The van der Waals surface area contributed by atoms with Crippen LogP contribution in [0.1, 0.15) is 36.3 Å². The van der Waals surface area contributed by atoms with Gasteiger partial charge >= 0.3 is 0 Å². The lowest BCUT2D eigenvalue weighted by molar-refractivity contribution is 0.0957. The lowest BCUT2D eigenvalue weighted by Gasteiger charge is -2.04. The number of amides is 1. The van der Waals surface area contributed by atoms with E-state index < -0.39 is 0 Å². The smallest absolute Gasteiger partial charge is 0.253 e. The maximum absolute atomic E-state index is 11.8. The summed E-state index contributed by atoms with van der Waals surface area (Å²) in [6, 6.07) is 3.55. The zero-order valence-electron chi connectivity index (χ0n) is 11.2. The van der Waals surface area contributed by atoms with E-state index in [0.717, 1.165) is 12.1 Å². The van der Waals surface area contributed by atoms with Crippen LogP contribution in [0.5, 0.6) is 0 Å². The van der Waals surface area contributed by atoms with E-state index in [1.807, 2.05) is 26.0 Å². The number of allylic oxidation sites excluding steroid dienone is 3. The Bertz CT molecular complexity index is 461. The minimum Gasteiger partial charge on any atom is -0.349 e. The van der Waals surface area contributed by atoms with Gasteiger partial charge in [-0.1, -0.05) is 30.7 Å². The van der Waals surface area contributed by atoms with E-state index in [1.54, 1.807) is 18.3 Å². The third kappa shape index (κ3) is 4.17. The minimum absolute atomic E-state index is 0.0798. The van der Waals surface area contributed by atoms with Crippen LogP contribution in [0, 0.1) is 6.92 Å². The van der Waals surface area contributed by atoms with Gasteiger partial charge in [-0.2, -0.15) is 0 Å². The molecule has 0 aromatic carbocycles. The molecule has 0 unspecified atom stereocenters. The standard InChI is InChI=1S/C15H20N2O/c1-4-13(5-2)8-6-11-17-15(18)14-9-7-10-16-12(14)3/h4,6-10H,5,11H2,1-3H3,(H,17,18)/b8-6-,13-4+. The topological polar surface area (TPSA) is 42.0 Å². The quantitative estimate of drug-likeness (QED) is 0.809. The summed E-state index contributed by atoms with van der Waals surface area (Å²) in [5.41, 5.74) is 2.65. The molecule has 0 fully saturated rings. The van der Waals surface area contributed by atoms with Crippen LogP contribution in [0.3, 0.4) is 0 Å². The number of aromatic nitrogens is 1. The van der Waals surface area contributed by atoms with Gasteiger partial charge in [-0.25, -0.2) is 0 Å². The van der Waals surface area contributed by atoms with Gasteiger partial charge in [-0.3, -0.25) is 9.78 Å². The molecule has 0 atom stereocenters. The van der Waals surface area contributed by atoms with Crippen molar-refractivity contribution < 1.29 is 4.79 Å². The molecule has 1 heterocycles. The molecule has 96 valence electrons. The average Bonchev–Trinajstić information content (AvgIpc) is 2.39. The Morgan fingerprint density at radius 1 is 1.50 bits per heavy atom. The fourth-order valence-electron chi connectivity index (χ4n) is 1.60. The number of hydrogen-bond donors (Lipinski definition) is 1. The molecule has 0 aliphatic carbocycles. The second kappa shape index (κ2) is 7.43. The molecule has 0 saturated heterocycles. The number of nitrogens with one attached hydrogen (secondary N) is 1. The van der Waals surface area contributed by atoms with Crippen molar-refractivity contribution in [3.63, 3.8) is 0 Å². The maximum atomic E-state index is 11.8. The minimum atomic E-state index is -0.0798. The second-order valence-electron chi connectivity index (χ2n) is 3.97. The molecule has 18 heavy (non-hydrogen) atoms. The molecule has 0 aliphatic rings. The summed E-state index contributed by atoms with van der Waals surface area (Å²) in [7, 11) is 0. The van der Waals surface area contributed by atoms with Crippen molar-refractivity contribution in [2.24, 2.45) is 0 Å². The number of carbonyl (C=O) groups excluding carboxylic acids is 1. The largest absolute Gasteiger partial charge is 0.349 e. The van der Waals surface area contributed by atoms with Crippen LogP contribution in [-0.4, -0.2) is 17.4 Å². The predicted octanol–water partition coefficient (Wildman–Crippen LogP) is 3.03. The van der Waals surface area contributed by atoms with Gasteiger partial charge in [0.1, 0.15) is 0 Å². The van der Waals surface area contributed by atoms with Crippen molar-refractivity contribution in [2.45, 2.75) is 27.2 Å². The van der Waals surface area contributed by atoms with Crippen LogP contribution < -0.4 is 5.32 Å². The van der Waals surface area contributed by atoms with E-state index >= 15 is 0 Å². The van der Waals surface area contributed by atoms with Crippen molar-refractivity contribution in [3.05, 3.63) is 53.4 Å². The summed E-state index contributed by atoms with van der Waals surface area (Å²) < 4.78 is 0. The van der Waals surface area contributed by atoms with Gasteiger partial charge < -0.3 is 5.32 Å². The number of aryl methyl sites for hydroxylation is 1. The molecule has 3 heteroatoms. The molecule has 0 spiro atoms. The number of rotatable bonds is 5. The molecule has 1 rings (SSSR count). The van der Waals surface area contributed by atoms with Crippen molar-refractivity contribution >= 4 is 5.91 Å². The zero-order chi connectivity index (χ0) is 13.4. The first kappa shape index (κ1) is 14.2. The molecular weight excluding hydrogens is 224 g/mol. The van der Waals surface area contributed by atoms with E-state index in [4.69, 9.17) is 0 Å². The lowest BCUT2D eigenvalue weighted by Crippen LogP contribution is -2.24. The van der Waals surface area contributed by atoms with Gasteiger partial charge in [-0.15, -0.1) is 0 Å². The normalized spacial score (nSPS) is 11.8. The van der Waals surface area contributed by atoms with E-state index in [-0.39, 0.29) is 5.91 Å². The first-order chi connectivity index (χ1) is 8.69. The van der Waals surface area contributed by atoms with E-state index in [0.29, 0.717) is 12.1 Å². The Hall–Kier alpha value is -1.90. The highest BCUT2D eigenvalue weighted by molar-refractivity contribution is 5.95. The lowest BCUT2D eigenvalue weighted by atomic mass is 10.2. The Labute approximate surface area is 109 Å². The Morgan fingerprint density at radius 2 is 2.28 bits per heavy atom. The predicted molar refractivity (Wildman–Crippen MR) is 74.5 cm³/mol. The summed E-state index contributed by atoms with van der Waals surface area (Å²) in [5, 5.41) is 2.85. The first-order valence-electron chi connectivity index (χ1n) is 6.20. The molecule has 1 amide bonds. The van der Waals surface area contributed by atoms with Crippen LogP contribution in [-0.2, 0) is 0 Å². The molecule has 3 nitrogen and oxygen atoms in total. The van der Waals surface area contributed by atoms with Crippen LogP contribution in [0.4, 0.5) is 0 Å². The Kier molecular flexibility index (Phi) is 5.85. The molecule has 1 N–H and O–H groups in total. The Balaban J connectivity index is 2.50. The molecule has 0 bridgehead atoms. The van der Waals surface area contributed by atoms with Crippen LogP contribution >= 0.6 is 0 Å². The highest BCUT2D eigenvalue weighted by Gasteiger charge is 2.06. The van der Waals surface area contributed by atoms with Crippen molar-refractivity contribution in [2.75, 3.05) is 6.54 Å². The van der Waals surface area contributed by atoms with E-state index in [9.17, 15) is 4.79 Å². The number of hydrogen-bond acceptors (Lipinski definition) is 2. The van der Waals surface area contributed by atoms with Crippen molar-refractivity contribution in [3.8, 4) is 0 Å². The van der Waals surface area contributed by atoms with Gasteiger partial charge in [0, 0.05) is 18.4 Å². The average molecular weight is 244 g/mol. The highest BCUT2D eigenvalue weighted by Crippen LogP contribution is 2.03. The molecular formula is C15H20N2O. The molecule has 1 aromatic rings.